The molecule has 0 aliphatic heterocycles. The molecular weight excluding hydrogens is 304 g/mol. The van der Waals surface area contributed by atoms with Gasteiger partial charge < -0.3 is 20.1 Å². The first kappa shape index (κ1) is 17.8. The van der Waals surface area contributed by atoms with Crippen molar-refractivity contribution in [1.82, 2.24) is 9.97 Å². The van der Waals surface area contributed by atoms with Gasteiger partial charge in [-0.2, -0.15) is 4.98 Å². The Morgan fingerprint density at radius 1 is 1.04 bits per heavy atom. The third kappa shape index (κ3) is 5.30. The minimum absolute atomic E-state index is 0.551. The molecule has 2 aromatic rings. The van der Waals surface area contributed by atoms with E-state index in [2.05, 4.69) is 34.4 Å². The summed E-state index contributed by atoms with van der Waals surface area (Å²) in [5, 5.41) is 6.55. The summed E-state index contributed by atoms with van der Waals surface area (Å²) in [6.07, 6.45) is 2.62. The molecule has 0 saturated heterocycles. The molecule has 0 aliphatic rings. The van der Waals surface area contributed by atoms with Crippen molar-refractivity contribution in [2.45, 2.75) is 20.3 Å². The lowest BCUT2D eigenvalue weighted by Crippen LogP contribution is -2.12. The number of benzene rings is 1. The van der Waals surface area contributed by atoms with Gasteiger partial charge in [0.25, 0.3) is 0 Å². The second-order valence-corrected chi connectivity index (χ2v) is 5.91. The third-order valence-corrected chi connectivity index (χ3v) is 3.49. The van der Waals surface area contributed by atoms with Crippen molar-refractivity contribution >= 4 is 11.8 Å². The van der Waals surface area contributed by atoms with Gasteiger partial charge in [0.15, 0.2) is 11.5 Å². The monoisotopic (exact) mass is 330 g/mol. The average molecular weight is 330 g/mol. The minimum atomic E-state index is 0.551. The molecule has 0 saturated carbocycles. The maximum atomic E-state index is 5.33. The Morgan fingerprint density at radius 3 is 2.54 bits per heavy atom. The zero-order valence-electron chi connectivity index (χ0n) is 14.8. The van der Waals surface area contributed by atoms with Crippen LogP contribution in [0.15, 0.2) is 30.5 Å². The highest BCUT2D eigenvalue weighted by molar-refractivity contribution is 5.44. The van der Waals surface area contributed by atoms with Gasteiger partial charge in [-0.05, 0) is 36.1 Å². The lowest BCUT2D eigenvalue weighted by molar-refractivity contribution is 0.354. The average Bonchev–Trinajstić information content (AvgIpc) is 2.60. The summed E-state index contributed by atoms with van der Waals surface area (Å²) in [5.74, 6) is 3.51. The molecule has 0 radical (unpaired) electrons. The largest absolute Gasteiger partial charge is 0.493 e. The number of nitrogens with zero attached hydrogens (tertiary/aromatic N) is 2. The second-order valence-electron chi connectivity index (χ2n) is 5.91. The fourth-order valence-electron chi connectivity index (χ4n) is 2.21. The normalized spacial score (nSPS) is 10.5. The number of ether oxygens (including phenoxy) is 2. The number of aromatic nitrogens is 2. The van der Waals surface area contributed by atoms with Crippen LogP contribution in [0.2, 0.25) is 0 Å². The minimum Gasteiger partial charge on any atom is -0.493 e. The van der Waals surface area contributed by atoms with Crippen LogP contribution in [-0.4, -0.2) is 37.3 Å². The van der Waals surface area contributed by atoms with E-state index in [0.29, 0.717) is 11.9 Å². The predicted octanol–water partition coefficient (Wildman–Crippen LogP) is 3.22. The fourth-order valence-corrected chi connectivity index (χ4v) is 2.21. The molecule has 130 valence electrons. The third-order valence-electron chi connectivity index (χ3n) is 3.49. The molecule has 0 unspecified atom stereocenters. The highest BCUT2D eigenvalue weighted by Gasteiger charge is 2.05. The molecule has 1 aromatic heterocycles. The molecule has 0 fully saturated rings. The SMILES string of the molecule is COc1ccc(CCNc2ccnc(NCC(C)C)n2)cc1OC. The fraction of sp³-hybridized carbons (Fsp3) is 0.444. The van der Waals surface area contributed by atoms with Crippen LogP contribution in [-0.2, 0) is 6.42 Å². The van der Waals surface area contributed by atoms with E-state index in [4.69, 9.17) is 9.47 Å². The molecule has 0 spiro atoms. The lowest BCUT2D eigenvalue weighted by atomic mass is 10.1. The van der Waals surface area contributed by atoms with Gasteiger partial charge >= 0.3 is 0 Å². The molecule has 0 bridgehead atoms. The van der Waals surface area contributed by atoms with Gasteiger partial charge in [0.05, 0.1) is 14.2 Å². The first-order chi connectivity index (χ1) is 11.6. The van der Waals surface area contributed by atoms with Crippen molar-refractivity contribution in [3.05, 3.63) is 36.0 Å². The maximum absolute atomic E-state index is 5.33. The van der Waals surface area contributed by atoms with Crippen LogP contribution in [0.3, 0.4) is 0 Å². The van der Waals surface area contributed by atoms with Crippen molar-refractivity contribution in [3.63, 3.8) is 0 Å². The van der Waals surface area contributed by atoms with Gasteiger partial charge in [0, 0.05) is 19.3 Å². The number of methoxy groups -OCH3 is 2. The van der Waals surface area contributed by atoms with Crippen LogP contribution < -0.4 is 20.1 Å². The number of nitrogens with one attached hydrogen (secondary N) is 2. The highest BCUT2D eigenvalue weighted by atomic mass is 16.5. The topological polar surface area (TPSA) is 68.3 Å². The Bertz CT molecular complexity index is 647. The molecule has 1 aromatic carbocycles. The molecule has 24 heavy (non-hydrogen) atoms. The Morgan fingerprint density at radius 2 is 1.83 bits per heavy atom. The van der Waals surface area contributed by atoms with Crippen LogP contribution in [0.5, 0.6) is 11.5 Å². The van der Waals surface area contributed by atoms with Crippen LogP contribution in [0.4, 0.5) is 11.8 Å². The first-order valence-corrected chi connectivity index (χ1v) is 8.14. The van der Waals surface area contributed by atoms with Crippen molar-refractivity contribution in [1.29, 1.82) is 0 Å². The summed E-state index contributed by atoms with van der Waals surface area (Å²) in [6, 6.07) is 7.83. The van der Waals surface area contributed by atoms with Crippen LogP contribution in [0, 0.1) is 5.92 Å². The van der Waals surface area contributed by atoms with E-state index in [1.807, 2.05) is 24.3 Å². The standard InChI is InChI=1S/C18H26N4O2/c1-13(2)12-21-18-20-10-8-17(22-18)19-9-7-14-5-6-15(23-3)16(11-14)24-4/h5-6,8,10-11,13H,7,9,12H2,1-4H3,(H2,19,20,21,22). The smallest absolute Gasteiger partial charge is 0.224 e. The second kappa shape index (κ2) is 8.96. The first-order valence-electron chi connectivity index (χ1n) is 8.14. The molecule has 2 N–H and O–H groups in total. The Hall–Kier alpha value is -2.50. The van der Waals surface area contributed by atoms with Crippen molar-refractivity contribution in [2.24, 2.45) is 5.92 Å². The van der Waals surface area contributed by atoms with E-state index in [1.54, 1.807) is 20.4 Å². The molecule has 0 amide bonds. The molecular formula is C18H26N4O2. The van der Waals surface area contributed by atoms with E-state index < -0.39 is 0 Å². The number of anilines is 2. The Kier molecular flexibility index (Phi) is 6.66. The van der Waals surface area contributed by atoms with E-state index in [1.165, 1.54) is 5.56 Å². The van der Waals surface area contributed by atoms with E-state index in [9.17, 15) is 0 Å². The summed E-state index contributed by atoms with van der Waals surface area (Å²) < 4.78 is 10.6. The van der Waals surface area contributed by atoms with Crippen molar-refractivity contribution < 1.29 is 9.47 Å². The summed E-state index contributed by atoms with van der Waals surface area (Å²) in [5.41, 5.74) is 1.17. The molecule has 6 heteroatoms. The Balaban J connectivity index is 1.89. The molecule has 2 rings (SSSR count). The van der Waals surface area contributed by atoms with Crippen molar-refractivity contribution in [3.8, 4) is 11.5 Å². The van der Waals surface area contributed by atoms with Crippen LogP contribution in [0.25, 0.3) is 0 Å². The quantitative estimate of drug-likeness (QED) is 0.736. The van der Waals surface area contributed by atoms with Gasteiger partial charge in [0.2, 0.25) is 5.95 Å². The van der Waals surface area contributed by atoms with E-state index in [0.717, 1.165) is 36.8 Å². The van der Waals surface area contributed by atoms with Gasteiger partial charge in [-0.3, -0.25) is 0 Å². The van der Waals surface area contributed by atoms with E-state index in [-0.39, 0.29) is 0 Å². The molecule has 0 aliphatic carbocycles. The molecule has 1 heterocycles. The summed E-state index contributed by atoms with van der Waals surface area (Å²) >= 11 is 0. The van der Waals surface area contributed by atoms with Crippen molar-refractivity contribution in [2.75, 3.05) is 37.9 Å². The molecule has 6 nitrogen and oxygen atoms in total. The Labute approximate surface area is 143 Å². The zero-order chi connectivity index (χ0) is 17.4. The van der Waals surface area contributed by atoms with Gasteiger partial charge in [-0.1, -0.05) is 19.9 Å². The van der Waals surface area contributed by atoms with Crippen LogP contribution in [0.1, 0.15) is 19.4 Å². The van der Waals surface area contributed by atoms with Gasteiger partial charge in [0.1, 0.15) is 5.82 Å². The number of hydrogen-bond donors (Lipinski definition) is 2. The number of hydrogen-bond acceptors (Lipinski definition) is 6. The van der Waals surface area contributed by atoms with Gasteiger partial charge in [-0.15, -0.1) is 0 Å². The van der Waals surface area contributed by atoms with Gasteiger partial charge in [-0.25, -0.2) is 4.98 Å². The molecule has 0 atom stereocenters. The van der Waals surface area contributed by atoms with Crippen LogP contribution >= 0.6 is 0 Å². The highest BCUT2D eigenvalue weighted by Crippen LogP contribution is 2.27. The number of rotatable bonds is 9. The summed E-state index contributed by atoms with van der Waals surface area (Å²) in [7, 11) is 3.28. The van der Waals surface area contributed by atoms with E-state index >= 15 is 0 Å². The maximum Gasteiger partial charge on any atom is 0.224 e. The summed E-state index contributed by atoms with van der Waals surface area (Å²) in [6.45, 7) is 5.93. The zero-order valence-corrected chi connectivity index (χ0v) is 14.8. The summed E-state index contributed by atoms with van der Waals surface area (Å²) in [4.78, 5) is 8.69. The predicted molar refractivity (Wildman–Crippen MR) is 97.1 cm³/mol. The lowest BCUT2D eigenvalue weighted by Gasteiger charge is -2.11.